The molecule has 1 atom stereocenters. The van der Waals surface area contributed by atoms with Crippen LogP contribution in [0, 0.1) is 5.82 Å². The van der Waals surface area contributed by atoms with E-state index in [0.717, 1.165) is 6.54 Å². The molecule has 0 fully saturated rings. The molecule has 0 bridgehead atoms. The van der Waals surface area contributed by atoms with E-state index in [2.05, 4.69) is 21.2 Å². The van der Waals surface area contributed by atoms with Crippen molar-refractivity contribution in [3.63, 3.8) is 0 Å². The number of hydrogen-bond donors (Lipinski definition) is 1. The molecular formula is C14H21BrFNO. The van der Waals surface area contributed by atoms with Crippen molar-refractivity contribution in [2.45, 2.75) is 38.8 Å². The molecule has 0 aliphatic heterocycles. The predicted octanol–water partition coefficient (Wildman–Crippen LogP) is 4.05. The van der Waals surface area contributed by atoms with Gasteiger partial charge in [-0.1, -0.05) is 19.1 Å². The standard InChI is InChI=1S/C14H21BrFNO/c1-5-17-12(9-14(2,3)18-4)10-7-6-8-11(15)13(10)16/h6-8,12,17H,5,9H2,1-4H3. The van der Waals surface area contributed by atoms with Crippen LogP contribution in [0.25, 0.3) is 0 Å². The number of nitrogens with one attached hydrogen (secondary N) is 1. The second kappa shape index (κ2) is 6.64. The fraction of sp³-hybridized carbons (Fsp3) is 0.571. The van der Waals surface area contributed by atoms with Crippen molar-refractivity contribution in [3.8, 4) is 0 Å². The van der Waals surface area contributed by atoms with E-state index in [4.69, 9.17) is 4.74 Å². The SMILES string of the molecule is CCNC(CC(C)(C)OC)c1cccc(Br)c1F. The Balaban J connectivity index is 3.01. The molecule has 4 heteroatoms. The van der Waals surface area contributed by atoms with Crippen LogP contribution in [0.1, 0.15) is 38.8 Å². The van der Waals surface area contributed by atoms with Crippen LogP contribution in [0.5, 0.6) is 0 Å². The molecule has 0 aliphatic rings. The topological polar surface area (TPSA) is 21.3 Å². The van der Waals surface area contributed by atoms with Gasteiger partial charge >= 0.3 is 0 Å². The second-order valence-electron chi connectivity index (χ2n) is 4.92. The smallest absolute Gasteiger partial charge is 0.142 e. The lowest BCUT2D eigenvalue weighted by Crippen LogP contribution is -2.32. The summed E-state index contributed by atoms with van der Waals surface area (Å²) in [6, 6.07) is 5.33. The summed E-state index contributed by atoms with van der Waals surface area (Å²) in [5.74, 6) is -0.199. The highest BCUT2D eigenvalue weighted by Gasteiger charge is 2.25. The largest absolute Gasteiger partial charge is 0.379 e. The van der Waals surface area contributed by atoms with Gasteiger partial charge in [-0.2, -0.15) is 0 Å². The van der Waals surface area contributed by atoms with Gasteiger partial charge in [-0.3, -0.25) is 0 Å². The van der Waals surface area contributed by atoms with Gasteiger partial charge in [0.15, 0.2) is 0 Å². The molecule has 102 valence electrons. The molecule has 18 heavy (non-hydrogen) atoms. The Bertz CT molecular complexity index is 395. The molecule has 2 nitrogen and oxygen atoms in total. The van der Waals surface area contributed by atoms with Crippen LogP contribution in [-0.2, 0) is 4.74 Å². The van der Waals surface area contributed by atoms with E-state index in [0.29, 0.717) is 16.5 Å². The lowest BCUT2D eigenvalue weighted by atomic mass is 9.93. The fourth-order valence-electron chi connectivity index (χ4n) is 1.90. The van der Waals surface area contributed by atoms with E-state index in [-0.39, 0.29) is 17.5 Å². The first kappa shape index (κ1) is 15.6. The lowest BCUT2D eigenvalue weighted by molar-refractivity contribution is 0.00670. The van der Waals surface area contributed by atoms with Gasteiger partial charge in [-0.15, -0.1) is 0 Å². The Hall–Kier alpha value is -0.450. The zero-order chi connectivity index (χ0) is 13.8. The molecule has 0 aliphatic carbocycles. The maximum absolute atomic E-state index is 14.1. The van der Waals surface area contributed by atoms with Crippen molar-refractivity contribution < 1.29 is 9.13 Å². The third kappa shape index (κ3) is 4.04. The number of hydrogen-bond acceptors (Lipinski definition) is 2. The van der Waals surface area contributed by atoms with E-state index in [1.165, 1.54) is 0 Å². The van der Waals surface area contributed by atoms with Crippen molar-refractivity contribution >= 4 is 15.9 Å². The van der Waals surface area contributed by atoms with Gasteiger partial charge in [0, 0.05) is 18.7 Å². The molecule has 1 unspecified atom stereocenters. The minimum atomic E-state index is -0.290. The van der Waals surface area contributed by atoms with E-state index in [9.17, 15) is 4.39 Å². The molecule has 1 aromatic carbocycles. The highest BCUT2D eigenvalue weighted by molar-refractivity contribution is 9.10. The summed E-state index contributed by atoms with van der Waals surface area (Å²) >= 11 is 3.23. The molecule has 0 saturated carbocycles. The normalized spacial score (nSPS) is 13.7. The molecular weight excluding hydrogens is 297 g/mol. The molecule has 0 radical (unpaired) electrons. The van der Waals surface area contributed by atoms with Gasteiger partial charge < -0.3 is 10.1 Å². The van der Waals surface area contributed by atoms with Crippen LogP contribution in [0.2, 0.25) is 0 Å². The van der Waals surface area contributed by atoms with Crippen molar-refractivity contribution in [2.24, 2.45) is 0 Å². The lowest BCUT2D eigenvalue weighted by Gasteiger charge is -2.29. The van der Waals surface area contributed by atoms with Gasteiger partial charge in [-0.05, 0) is 48.8 Å². The maximum atomic E-state index is 14.1. The number of rotatable bonds is 6. The predicted molar refractivity (Wildman–Crippen MR) is 76.2 cm³/mol. The number of halogens is 2. The molecule has 1 rings (SSSR count). The molecule has 0 heterocycles. The third-order valence-electron chi connectivity index (χ3n) is 3.06. The number of methoxy groups -OCH3 is 1. The molecule has 0 amide bonds. The zero-order valence-corrected chi connectivity index (χ0v) is 13.0. The fourth-order valence-corrected chi connectivity index (χ4v) is 2.28. The Morgan fingerprint density at radius 3 is 2.67 bits per heavy atom. The Kier molecular flexibility index (Phi) is 5.76. The van der Waals surface area contributed by atoms with Crippen molar-refractivity contribution in [1.29, 1.82) is 0 Å². The Morgan fingerprint density at radius 1 is 1.44 bits per heavy atom. The highest BCUT2D eigenvalue weighted by Crippen LogP contribution is 2.30. The Labute approximate surface area is 117 Å². The first-order chi connectivity index (χ1) is 8.41. The van der Waals surface area contributed by atoms with Gasteiger partial charge in [0.25, 0.3) is 0 Å². The van der Waals surface area contributed by atoms with Crippen LogP contribution >= 0.6 is 15.9 Å². The van der Waals surface area contributed by atoms with Crippen molar-refractivity contribution in [3.05, 3.63) is 34.1 Å². The van der Waals surface area contributed by atoms with Gasteiger partial charge in [0.2, 0.25) is 0 Å². The van der Waals surface area contributed by atoms with Crippen LogP contribution in [0.3, 0.4) is 0 Å². The average molecular weight is 318 g/mol. The molecule has 1 N–H and O–H groups in total. The summed E-state index contributed by atoms with van der Waals surface area (Å²) in [4.78, 5) is 0. The maximum Gasteiger partial charge on any atom is 0.142 e. The van der Waals surface area contributed by atoms with E-state index in [1.807, 2.05) is 32.9 Å². The summed E-state index contributed by atoms with van der Waals surface area (Å²) in [5.41, 5.74) is 0.387. The summed E-state index contributed by atoms with van der Waals surface area (Å²) < 4.78 is 20.1. The van der Waals surface area contributed by atoms with E-state index < -0.39 is 0 Å². The minimum Gasteiger partial charge on any atom is -0.379 e. The van der Waals surface area contributed by atoms with Crippen LogP contribution in [-0.4, -0.2) is 19.3 Å². The van der Waals surface area contributed by atoms with Gasteiger partial charge in [-0.25, -0.2) is 4.39 Å². The molecule has 0 spiro atoms. The van der Waals surface area contributed by atoms with Crippen LogP contribution in [0.4, 0.5) is 4.39 Å². The van der Waals surface area contributed by atoms with Crippen LogP contribution < -0.4 is 5.32 Å². The second-order valence-corrected chi connectivity index (χ2v) is 5.78. The Morgan fingerprint density at radius 2 is 2.11 bits per heavy atom. The molecule has 0 saturated heterocycles. The van der Waals surface area contributed by atoms with Gasteiger partial charge in [0.1, 0.15) is 5.82 Å². The van der Waals surface area contributed by atoms with Crippen molar-refractivity contribution in [1.82, 2.24) is 5.32 Å². The van der Waals surface area contributed by atoms with Gasteiger partial charge in [0.05, 0.1) is 10.1 Å². The minimum absolute atomic E-state index is 0.0533. The third-order valence-corrected chi connectivity index (χ3v) is 3.67. The highest BCUT2D eigenvalue weighted by atomic mass is 79.9. The first-order valence-electron chi connectivity index (χ1n) is 6.13. The molecule has 0 aromatic heterocycles. The molecule has 1 aromatic rings. The first-order valence-corrected chi connectivity index (χ1v) is 6.93. The van der Waals surface area contributed by atoms with Crippen molar-refractivity contribution in [2.75, 3.05) is 13.7 Å². The monoisotopic (exact) mass is 317 g/mol. The summed E-state index contributed by atoms with van der Waals surface area (Å²) in [6.45, 7) is 6.82. The zero-order valence-electron chi connectivity index (χ0n) is 11.4. The van der Waals surface area contributed by atoms with Crippen LogP contribution in [0.15, 0.2) is 22.7 Å². The summed E-state index contributed by atoms with van der Waals surface area (Å²) in [5, 5.41) is 3.32. The van der Waals surface area contributed by atoms with E-state index >= 15 is 0 Å². The van der Waals surface area contributed by atoms with E-state index in [1.54, 1.807) is 13.2 Å². The number of ether oxygens (including phenoxy) is 1. The number of benzene rings is 1. The summed E-state index contributed by atoms with van der Waals surface area (Å²) in [6.07, 6.45) is 0.713. The average Bonchev–Trinajstić information content (AvgIpc) is 2.32. The summed E-state index contributed by atoms with van der Waals surface area (Å²) in [7, 11) is 1.68. The quantitative estimate of drug-likeness (QED) is 0.854.